The summed E-state index contributed by atoms with van der Waals surface area (Å²) in [5.41, 5.74) is 7.54. The fourth-order valence-electron chi connectivity index (χ4n) is 13.9. The largest absolute Gasteiger partial charge is 0.493 e. The van der Waals surface area contributed by atoms with Crippen molar-refractivity contribution >= 4 is 105 Å². The van der Waals surface area contributed by atoms with Crippen LogP contribution >= 0.6 is 0 Å². The van der Waals surface area contributed by atoms with Gasteiger partial charge >= 0.3 is 18.2 Å². The van der Waals surface area contributed by atoms with Gasteiger partial charge in [-0.3, -0.25) is 58.7 Å². The SMILES string of the molecule is C=C1C[C@@H](CO[Si](C)(C)C(C)(C)C)N(C(=O)c2cc(OC)c(OCCCCCOc3cc(NC(=O)OCc4cc5c(n4C)C(=O)C=C(OC)C5=O)c(C(=O)N4CC(C)(C)C[C@H]4CO[Si](C)(C)C(C)(C)C)cc3OC)cc2NC(=O)OCc2ccc(NC(=O)[C@H](CCCNC(N)=O)NC(=O)[C@@H](NC(=O)CCCCCN3C(=O)C=CC3=O)C(C)C)cc2)C1. The summed E-state index contributed by atoms with van der Waals surface area (Å²) in [5.74, 6) is -3.82. The van der Waals surface area contributed by atoms with Crippen molar-refractivity contribution in [3.8, 4) is 23.0 Å². The van der Waals surface area contributed by atoms with Crippen molar-refractivity contribution in [1.29, 1.82) is 0 Å². The molecule has 4 heterocycles. The van der Waals surface area contributed by atoms with Crippen molar-refractivity contribution in [2.24, 2.45) is 24.1 Å². The number of ether oxygens (including phenoxy) is 7. The van der Waals surface area contributed by atoms with Crippen LogP contribution in [-0.2, 0) is 67.3 Å². The Hall–Kier alpha value is -10.8. The summed E-state index contributed by atoms with van der Waals surface area (Å²) < 4.78 is 56.0. The van der Waals surface area contributed by atoms with Crippen LogP contribution in [0.25, 0.3) is 0 Å². The van der Waals surface area contributed by atoms with Gasteiger partial charge in [0.05, 0.1) is 93.6 Å². The van der Waals surface area contributed by atoms with Gasteiger partial charge in [-0.25, -0.2) is 14.4 Å². The summed E-state index contributed by atoms with van der Waals surface area (Å²) in [5, 5.41) is 16.2. The maximum Gasteiger partial charge on any atom is 0.412 e. The number of anilines is 3. The Balaban J connectivity index is 0.943. The third kappa shape index (κ3) is 25.6. The highest BCUT2D eigenvalue weighted by Crippen LogP contribution is 2.44. The number of benzene rings is 3. The number of Topliss-reactive ketones (excluding diaryl/α,β-unsaturated/α-hetero) is 1. The number of rotatable bonds is 41. The number of aromatic nitrogens is 1. The Morgan fingerprint density at radius 3 is 1.73 bits per heavy atom. The van der Waals surface area contributed by atoms with Crippen LogP contribution in [0.5, 0.6) is 23.0 Å². The van der Waals surface area contributed by atoms with Gasteiger partial charge in [0.1, 0.15) is 31.0 Å². The van der Waals surface area contributed by atoms with Gasteiger partial charge in [0.15, 0.2) is 45.4 Å². The van der Waals surface area contributed by atoms with Crippen molar-refractivity contribution in [2.75, 3.05) is 89.9 Å². The van der Waals surface area contributed by atoms with Gasteiger partial charge in [-0.15, -0.1) is 0 Å². The molecule has 32 nitrogen and oxygen atoms in total. The number of nitrogens with two attached hydrogens (primary N) is 1. The Morgan fingerprint density at radius 2 is 1.19 bits per heavy atom. The minimum absolute atomic E-state index is 0.0540. The highest BCUT2D eigenvalue weighted by Gasteiger charge is 2.46. The Morgan fingerprint density at radius 1 is 0.645 bits per heavy atom. The molecule has 4 aliphatic rings. The number of allylic oxidation sites excluding steroid dienone is 2. The number of nitrogens with one attached hydrogen (secondary N) is 6. The van der Waals surface area contributed by atoms with E-state index < -0.39 is 88.0 Å². The lowest BCUT2D eigenvalue weighted by molar-refractivity contribution is -0.137. The fourth-order valence-corrected chi connectivity index (χ4v) is 16.0. The first-order valence-corrected chi connectivity index (χ1v) is 46.9. The lowest BCUT2D eigenvalue weighted by atomic mass is 9.91. The van der Waals surface area contributed by atoms with Crippen LogP contribution in [0.1, 0.15) is 193 Å². The van der Waals surface area contributed by atoms with Crippen LogP contribution < -0.4 is 56.6 Å². The van der Waals surface area contributed by atoms with E-state index in [1.54, 1.807) is 55.0 Å². The normalized spacial score (nSPS) is 16.4. The number of fused-ring (bicyclic) bond motifs is 1. The van der Waals surface area contributed by atoms with Crippen molar-refractivity contribution in [3.63, 3.8) is 0 Å². The quantitative estimate of drug-likeness (QED) is 0.00939. The molecule has 2 fully saturated rings. The molecule has 0 saturated carbocycles. The molecule has 0 unspecified atom stereocenters. The third-order valence-electron chi connectivity index (χ3n) is 23.0. The van der Waals surface area contributed by atoms with E-state index in [1.807, 2.05) is 0 Å². The third-order valence-corrected chi connectivity index (χ3v) is 32.0. The molecule has 1 aromatic heterocycles. The fraction of sp³-hybridized carbons (Fsp3) is 0.540. The maximum atomic E-state index is 15.1. The summed E-state index contributed by atoms with van der Waals surface area (Å²) in [4.78, 5) is 165. The predicted molar refractivity (Wildman–Crippen MR) is 461 cm³/mol. The second kappa shape index (κ2) is 41.6. The minimum atomic E-state index is -2.28. The number of carbonyl (C=O) groups excluding carboxylic acids is 12. The van der Waals surface area contributed by atoms with E-state index in [9.17, 15) is 47.9 Å². The van der Waals surface area contributed by atoms with Crippen molar-refractivity contribution in [3.05, 3.63) is 124 Å². The minimum Gasteiger partial charge on any atom is -0.493 e. The van der Waals surface area contributed by atoms with Crippen LogP contribution in [0.4, 0.5) is 31.4 Å². The molecule has 2 saturated heterocycles. The first kappa shape index (κ1) is 95.6. The van der Waals surface area contributed by atoms with Gasteiger partial charge in [0, 0.05) is 75.7 Å². The van der Waals surface area contributed by atoms with Crippen LogP contribution in [0.15, 0.2) is 90.7 Å². The number of unbranched alkanes of at least 4 members (excludes halogenated alkanes) is 4. The van der Waals surface area contributed by atoms with Gasteiger partial charge in [0.2, 0.25) is 29.3 Å². The van der Waals surface area contributed by atoms with E-state index in [1.165, 1.54) is 68.4 Å². The molecule has 4 atom stereocenters. The molecule has 3 aromatic carbocycles. The molecular formula is C87H123N11O21Si2. The summed E-state index contributed by atoms with van der Waals surface area (Å²) >= 11 is 0. The number of primary amides is 1. The van der Waals surface area contributed by atoms with Gasteiger partial charge < -0.3 is 83.4 Å². The van der Waals surface area contributed by atoms with Gasteiger partial charge in [-0.1, -0.05) is 99.9 Å². The summed E-state index contributed by atoms with van der Waals surface area (Å²) in [6, 6.07) is 10.3. The highest BCUT2D eigenvalue weighted by atomic mass is 28.4. The summed E-state index contributed by atoms with van der Waals surface area (Å²) in [6.45, 7) is 34.6. The molecule has 34 heteroatoms. The molecule has 0 radical (unpaired) electrons. The van der Waals surface area contributed by atoms with E-state index in [0.29, 0.717) is 81.5 Å². The molecule has 8 rings (SSSR count). The second-order valence-corrected chi connectivity index (χ2v) is 44.8. The number of imide groups is 1. The first-order chi connectivity index (χ1) is 56.9. The number of ketones is 2. The van der Waals surface area contributed by atoms with E-state index >= 15 is 9.59 Å². The average Bonchev–Trinajstić information content (AvgIpc) is 1.32. The Kier molecular flexibility index (Phi) is 32.9. The van der Waals surface area contributed by atoms with Gasteiger partial charge in [-0.05, 0) is 141 Å². The van der Waals surface area contributed by atoms with Crippen LogP contribution in [0.2, 0.25) is 36.3 Å². The molecule has 660 valence electrons. The van der Waals surface area contributed by atoms with Crippen LogP contribution in [-0.4, -0.2) is 205 Å². The number of carbonyl (C=O) groups is 12. The first-order valence-electron chi connectivity index (χ1n) is 41.1. The van der Waals surface area contributed by atoms with E-state index in [2.05, 4.69) is 120 Å². The molecule has 1 aliphatic carbocycles. The zero-order valence-corrected chi connectivity index (χ0v) is 75.3. The monoisotopic (exact) mass is 1710 g/mol. The molecule has 121 heavy (non-hydrogen) atoms. The second-order valence-electron chi connectivity index (χ2n) is 35.2. The summed E-state index contributed by atoms with van der Waals surface area (Å²) in [7, 11) is 1.23. The number of urea groups is 1. The zero-order chi connectivity index (χ0) is 89.2. The number of hydrogen-bond donors (Lipinski definition) is 7. The van der Waals surface area contributed by atoms with E-state index in [4.69, 9.17) is 47.7 Å². The molecule has 11 amide bonds. The smallest absolute Gasteiger partial charge is 0.412 e. The molecule has 3 aliphatic heterocycles. The Bertz CT molecular complexity index is 4560. The lowest BCUT2D eigenvalue weighted by Crippen LogP contribution is -2.54. The number of amides is 11. The predicted octanol–water partition coefficient (Wildman–Crippen LogP) is 12.6. The van der Waals surface area contributed by atoms with Crippen molar-refractivity contribution in [2.45, 2.75) is 214 Å². The van der Waals surface area contributed by atoms with E-state index in [-0.39, 0.29) is 180 Å². The lowest BCUT2D eigenvalue weighted by Gasteiger charge is -2.38. The number of likely N-dealkylation sites (tertiary alicyclic amines) is 2. The molecule has 4 aromatic rings. The van der Waals surface area contributed by atoms with Crippen LogP contribution in [0, 0.1) is 11.3 Å². The van der Waals surface area contributed by atoms with Gasteiger partial charge in [-0.2, -0.15) is 0 Å². The van der Waals surface area contributed by atoms with Crippen molar-refractivity contribution in [1.82, 2.24) is 35.2 Å². The average molecular weight is 1720 g/mol. The van der Waals surface area contributed by atoms with Crippen LogP contribution in [0.3, 0.4) is 0 Å². The summed E-state index contributed by atoms with van der Waals surface area (Å²) in [6.07, 6.45) is 6.19. The molecule has 8 N–H and O–H groups in total. The molecule has 0 bridgehead atoms. The number of nitrogens with zero attached hydrogens (tertiary/aromatic N) is 4. The maximum absolute atomic E-state index is 15.1. The number of hydrogen-bond acceptors (Lipinski definition) is 21. The zero-order valence-electron chi connectivity index (χ0n) is 73.3. The van der Waals surface area contributed by atoms with Gasteiger partial charge in [0.25, 0.3) is 23.6 Å². The topological polar surface area (TPSA) is 401 Å². The molecule has 0 spiro atoms. The standard InChI is InChI=1S/C87H123N11O21Si2/c1-53(2)75(94-72(100)28-22-20-23-36-96-73(101)33-34-74(96)102)79(105)91-63(27-26-35-89-82(88)108)78(104)90-56-31-29-55(30-32-56)48-116-83(109)92-64-43-69(67(111-13)41-60(64)80(106)97-47-54(3)39-58(97)50-118-120(16,17)85(4,5)6)114-37-24-21-25-38-115-70-44-65(93-84(110)117-49-57-40-62-76(95(57)12)66(99)45-71(113-15)77(62)103)61(42-68(70)112-14)81(107)98-52-87(10,11)46-59(98)51-119-121(18,19)86(7,8)9/h29-34,40-45,53,58-59,63,75H,3,20-28,35-39,46-52H2,1-2,4-19H3,(H,90,104)(H,91,105)(H,92,109)(H,93,110)(H,94,100)(H3,88,89,108)/t58-,59-,63-,75-/m0/s1. The number of methoxy groups -OCH3 is 3. The van der Waals surface area contributed by atoms with E-state index in [0.717, 1.165) is 16.5 Å². The van der Waals surface area contributed by atoms with Crippen molar-refractivity contribution < 1.29 is 99.5 Å². The molecular weight excluding hydrogens is 1590 g/mol. The highest BCUT2D eigenvalue weighted by molar-refractivity contribution is 6.74. The Labute approximate surface area is 711 Å².